The number of carbonyl (C=O) groups excluding carboxylic acids is 1. The van der Waals surface area contributed by atoms with E-state index in [9.17, 15) is 9.59 Å². The number of aromatic nitrogens is 1. The number of hydrogen-bond acceptors (Lipinski definition) is 3. The van der Waals surface area contributed by atoms with Crippen LogP contribution < -0.4 is 0 Å². The molecule has 0 fully saturated rings. The highest BCUT2D eigenvalue weighted by Gasteiger charge is 2.27. The molecule has 1 N–H and O–H groups in total. The third-order valence-electron chi connectivity index (χ3n) is 2.58. The second-order valence-corrected chi connectivity index (χ2v) is 5.53. The summed E-state index contributed by atoms with van der Waals surface area (Å²) >= 11 is 5.76. The van der Waals surface area contributed by atoms with Gasteiger partial charge in [0.25, 0.3) is 5.91 Å². The first kappa shape index (κ1) is 15.4. The van der Waals surface area contributed by atoms with Crippen LogP contribution >= 0.6 is 11.6 Å². The molecule has 0 unspecified atom stereocenters. The zero-order valence-electron chi connectivity index (χ0n) is 11.2. The third kappa shape index (κ3) is 4.52. The van der Waals surface area contributed by atoms with E-state index in [0.717, 1.165) is 0 Å². The highest BCUT2D eigenvalue weighted by atomic mass is 35.5. The van der Waals surface area contributed by atoms with Crippen LogP contribution in [0.5, 0.6) is 0 Å². The van der Waals surface area contributed by atoms with Crippen LogP contribution in [0.1, 0.15) is 37.6 Å². The number of amides is 1. The van der Waals surface area contributed by atoms with Crippen molar-refractivity contribution in [2.75, 3.05) is 6.54 Å². The largest absolute Gasteiger partial charge is 0.481 e. The predicted octanol–water partition coefficient (Wildman–Crippen LogP) is 2.45. The van der Waals surface area contributed by atoms with Crippen LogP contribution in [0.15, 0.2) is 18.3 Å². The topological polar surface area (TPSA) is 70.5 Å². The summed E-state index contributed by atoms with van der Waals surface area (Å²) in [5, 5.41) is 8.99. The molecule has 1 heterocycles. The Balaban J connectivity index is 2.97. The first-order chi connectivity index (χ1) is 8.71. The molecular weight excluding hydrogens is 268 g/mol. The highest BCUT2D eigenvalue weighted by molar-refractivity contribution is 6.29. The van der Waals surface area contributed by atoms with E-state index >= 15 is 0 Å². The quantitative estimate of drug-likeness (QED) is 0.862. The molecule has 1 aromatic rings. The molecule has 0 bridgehead atoms. The van der Waals surface area contributed by atoms with Crippen molar-refractivity contribution in [1.82, 2.24) is 9.88 Å². The zero-order valence-corrected chi connectivity index (χ0v) is 11.9. The predicted molar refractivity (Wildman–Crippen MR) is 72.3 cm³/mol. The average Bonchev–Trinajstić information content (AvgIpc) is 2.26. The molecule has 0 aliphatic heterocycles. The molecule has 0 aliphatic rings. The van der Waals surface area contributed by atoms with Gasteiger partial charge in [-0.1, -0.05) is 11.6 Å². The minimum absolute atomic E-state index is 0.0954. The van der Waals surface area contributed by atoms with E-state index in [1.54, 1.807) is 6.07 Å². The molecule has 0 saturated heterocycles. The molecule has 1 rings (SSSR count). The lowest BCUT2D eigenvalue weighted by molar-refractivity contribution is -0.137. The summed E-state index contributed by atoms with van der Waals surface area (Å²) in [6, 6.07) is 3.04. The Bertz CT molecular complexity index is 483. The van der Waals surface area contributed by atoms with Crippen molar-refractivity contribution in [3.8, 4) is 0 Å². The van der Waals surface area contributed by atoms with Gasteiger partial charge < -0.3 is 10.0 Å². The van der Waals surface area contributed by atoms with Gasteiger partial charge in [0, 0.05) is 23.8 Å². The Morgan fingerprint density at radius 1 is 1.42 bits per heavy atom. The number of rotatable bonds is 4. The Labute approximate surface area is 117 Å². The third-order valence-corrected chi connectivity index (χ3v) is 2.78. The molecule has 0 saturated carbocycles. The summed E-state index contributed by atoms with van der Waals surface area (Å²) in [5.74, 6) is -1.19. The minimum atomic E-state index is -0.935. The van der Waals surface area contributed by atoms with Crippen molar-refractivity contribution >= 4 is 23.5 Å². The van der Waals surface area contributed by atoms with Gasteiger partial charge in [-0.25, -0.2) is 4.98 Å². The van der Waals surface area contributed by atoms with E-state index in [1.807, 2.05) is 20.8 Å². The Kier molecular flexibility index (Phi) is 4.89. The standard InChI is InChI=1S/C13H17ClN2O3/c1-13(2,3)16(7-5-11(17)18)12(19)9-4-6-15-10(14)8-9/h4,6,8H,5,7H2,1-3H3,(H,17,18). The summed E-state index contributed by atoms with van der Waals surface area (Å²) in [7, 11) is 0. The maximum absolute atomic E-state index is 12.4. The van der Waals surface area contributed by atoms with E-state index in [2.05, 4.69) is 4.98 Å². The zero-order chi connectivity index (χ0) is 14.6. The van der Waals surface area contributed by atoms with E-state index in [-0.39, 0.29) is 24.0 Å². The number of hydrogen-bond donors (Lipinski definition) is 1. The first-order valence-corrected chi connectivity index (χ1v) is 6.25. The number of carbonyl (C=O) groups is 2. The van der Waals surface area contributed by atoms with Crippen LogP contribution in [-0.4, -0.2) is 39.0 Å². The van der Waals surface area contributed by atoms with Gasteiger partial charge in [0.05, 0.1) is 6.42 Å². The van der Waals surface area contributed by atoms with E-state index in [0.29, 0.717) is 5.56 Å². The van der Waals surface area contributed by atoms with Crippen LogP contribution in [0.4, 0.5) is 0 Å². The lowest BCUT2D eigenvalue weighted by Gasteiger charge is -2.35. The molecule has 5 nitrogen and oxygen atoms in total. The van der Waals surface area contributed by atoms with Crippen molar-refractivity contribution in [3.63, 3.8) is 0 Å². The summed E-state index contributed by atoms with van der Waals surface area (Å²) in [6.45, 7) is 5.72. The van der Waals surface area contributed by atoms with Crippen LogP contribution in [0, 0.1) is 0 Å². The minimum Gasteiger partial charge on any atom is -0.481 e. The molecule has 0 aromatic carbocycles. The van der Waals surface area contributed by atoms with Gasteiger partial charge in [-0.2, -0.15) is 0 Å². The average molecular weight is 285 g/mol. The maximum Gasteiger partial charge on any atom is 0.305 e. The molecule has 6 heteroatoms. The maximum atomic E-state index is 12.4. The Morgan fingerprint density at radius 2 is 2.05 bits per heavy atom. The molecule has 1 amide bonds. The van der Waals surface area contributed by atoms with E-state index in [1.165, 1.54) is 17.2 Å². The second-order valence-electron chi connectivity index (χ2n) is 5.14. The van der Waals surface area contributed by atoms with Crippen LogP contribution in [0.25, 0.3) is 0 Å². The first-order valence-electron chi connectivity index (χ1n) is 5.87. The van der Waals surface area contributed by atoms with E-state index in [4.69, 9.17) is 16.7 Å². The summed E-state index contributed by atoms with van der Waals surface area (Å²) < 4.78 is 0. The fourth-order valence-electron chi connectivity index (χ4n) is 1.64. The number of nitrogens with zero attached hydrogens (tertiary/aromatic N) is 2. The van der Waals surface area contributed by atoms with Crippen molar-refractivity contribution < 1.29 is 14.7 Å². The number of carboxylic acids is 1. The van der Waals surface area contributed by atoms with E-state index < -0.39 is 11.5 Å². The van der Waals surface area contributed by atoms with Crippen molar-refractivity contribution in [2.45, 2.75) is 32.7 Å². The van der Waals surface area contributed by atoms with Crippen LogP contribution in [0.3, 0.4) is 0 Å². The van der Waals surface area contributed by atoms with Gasteiger partial charge >= 0.3 is 5.97 Å². The Morgan fingerprint density at radius 3 is 2.53 bits per heavy atom. The molecule has 0 aliphatic carbocycles. The SMILES string of the molecule is CC(C)(C)N(CCC(=O)O)C(=O)c1ccnc(Cl)c1. The summed E-state index contributed by atoms with van der Waals surface area (Å²) in [6.07, 6.45) is 1.36. The fourth-order valence-corrected chi connectivity index (χ4v) is 1.81. The van der Waals surface area contributed by atoms with Crippen molar-refractivity contribution in [1.29, 1.82) is 0 Å². The lowest BCUT2D eigenvalue weighted by Crippen LogP contribution is -2.46. The smallest absolute Gasteiger partial charge is 0.305 e. The second kappa shape index (κ2) is 6.02. The van der Waals surface area contributed by atoms with Crippen LogP contribution in [0.2, 0.25) is 5.15 Å². The molecule has 104 valence electrons. The van der Waals surface area contributed by atoms with Gasteiger partial charge in [-0.05, 0) is 32.9 Å². The van der Waals surface area contributed by atoms with Gasteiger partial charge in [-0.3, -0.25) is 9.59 Å². The van der Waals surface area contributed by atoms with Gasteiger partial charge in [-0.15, -0.1) is 0 Å². The van der Waals surface area contributed by atoms with Gasteiger partial charge in [0.15, 0.2) is 0 Å². The molecular formula is C13H17ClN2O3. The monoisotopic (exact) mass is 284 g/mol. The Hall–Kier alpha value is -1.62. The van der Waals surface area contributed by atoms with Crippen molar-refractivity contribution in [3.05, 3.63) is 29.0 Å². The number of aliphatic carboxylic acids is 1. The normalized spacial score (nSPS) is 11.2. The summed E-state index contributed by atoms with van der Waals surface area (Å²) in [4.78, 5) is 28.4. The fraction of sp³-hybridized carbons (Fsp3) is 0.462. The van der Waals surface area contributed by atoms with Crippen LogP contribution in [-0.2, 0) is 4.79 Å². The highest BCUT2D eigenvalue weighted by Crippen LogP contribution is 2.19. The number of pyridine rings is 1. The number of halogens is 1. The molecule has 19 heavy (non-hydrogen) atoms. The lowest BCUT2D eigenvalue weighted by atomic mass is 10.0. The van der Waals surface area contributed by atoms with Gasteiger partial charge in [0.2, 0.25) is 0 Å². The number of carboxylic acid groups (broad SMARTS) is 1. The molecule has 0 spiro atoms. The summed E-state index contributed by atoms with van der Waals surface area (Å²) in [5.41, 5.74) is -0.0669. The van der Waals surface area contributed by atoms with Crippen molar-refractivity contribution in [2.24, 2.45) is 0 Å². The molecule has 1 aromatic heterocycles. The molecule has 0 radical (unpaired) electrons. The molecule has 0 atom stereocenters. The van der Waals surface area contributed by atoms with Gasteiger partial charge in [0.1, 0.15) is 5.15 Å².